The molecule has 2 unspecified atom stereocenters. The van der Waals surface area contributed by atoms with Gasteiger partial charge in [-0.2, -0.15) is 4.98 Å². The van der Waals surface area contributed by atoms with E-state index in [4.69, 9.17) is 21.8 Å². The lowest BCUT2D eigenvalue weighted by atomic mass is 9.97. The average molecular weight is 326 g/mol. The highest BCUT2D eigenvalue weighted by molar-refractivity contribution is 6.21. The lowest BCUT2D eigenvalue weighted by Crippen LogP contribution is -2.48. The minimum Gasteiger partial charge on any atom is -0.431 e. The second kappa shape index (κ2) is 6.58. The molecule has 22 heavy (non-hydrogen) atoms. The Morgan fingerprint density at radius 1 is 1.50 bits per heavy atom. The number of nitrogens with zero attached hydrogens (tertiary/aromatic N) is 2. The summed E-state index contributed by atoms with van der Waals surface area (Å²) in [5.41, 5.74) is 6.82. The largest absolute Gasteiger partial charge is 0.431 e. The van der Waals surface area contributed by atoms with E-state index in [2.05, 4.69) is 26.6 Å². The van der Waals surface area contributed by atoms with Crippen molar-refractivity contribution < 1.29 is 9.21 Å². The lowest BCUT2D eigenvalue weighted by Gasteiger charge is -2.37. The maximum atomic E-state index is 12.2. The molecule has 0 aromatic carbocycles. The van der Waals surface area contributed by atoms with Gasteiger partial charge in [-0.1, -0.05) is 6.08 Å². The minimum atomic E-state index is -0.308. The quantitative estimate of drug-likeness (QED) is 0.702. The zero-order valence-electron chi connectivity index (χ0n) is 12.2. The number of anilines is 1. The number of hydrogen-bond donors (Lipinski definition) is 3. The van der Waals surface area contributed by atoms with Crippen molar-refractivity contribution in [3.05, 3.63) is 23.7 Å². The van der Waals surface area contributed by atoms with Gasteiger partial charge in [0.1, 0.15) is 6.26 Å². The first-order chi connectivity index (χ1) is 10.6. The molecule has 0 radical (unpaired) electrons. The predicted octanol–water partition coefficient (Wildman–Crippen LogP) is 0.545. The van der Waals surface area contributed by atoms with Crippen LogP contribution < -0.4 is 16.4 Å². The number of halogens is 1. The maximum Gasteiger partial charge on any atom is 0.292 e. The van der Waals surface area contributed by atoms with E-state index in [1.54, 1.807) is 0 Å². The molecule has 1 aromatic rings. The van der Waals surface area contributed by atoms with Crippen LogP contribution in [0.15, 0.2) is 22.5 Å². The number of amides is 1. The number of nitrogens with two attached hydrogens (primary N) is 1. The first-order valence-corrected chi connectivity index (χ1v) is 7.88. The Morgan fingerprint density at radius 2 is 2.27 bits per heavy atom. The van der Waals surface area contributed by atoms with Gasteiger partial charge in [0, 0.05) is 38.3 Å². The molecule has 0 bridgehead atoms. The third-order valence-electron chi connectivity index (χ3n) is 4.04. The van der Waals surface area contributed by atoms with Crippen molar-refractivity contribution in [2.75, 3.05) is 31.9 Å². The Bertz CT molecular complexity index is 567. The number of aromatic nitrogens is 1. The standard InChI is InChI=1S/C14H20ClN5O2/c15-10-2-1-9(20-5-3-17-4-6-20)7-11(10)18-13(21)12-8-22-14(16)19-12/h1,8,10-11,17H,2-7H2,(H2,16,19)(H,18,21). The van der Waals surface area contributed by atoms with E-state index in [1.165, 1.54) is 12.0 Å². The van der Waals surface area contributed by atoms with Gasteiger partial charge < -0.3 is 25.7 Å². The smallest absolute Gasteiger partial charge is 0.292 e. The van der Waals surface area contributed by atoms with Crippen LogP contribution in [-0.2, 0) is 0 Å². The SMILES string of the molecule is Nc1nc(C(=O)NC2CC(N3CCNCC3)=CCC2Cl)co1. The van der Waals surface area contributed by atoms with Crippen LogP contribution in [0.3, 0.4) is 0 Å². The second-order valence-corrected chi connectivity index (χ2v) is 6.10. The third kappa shape index (κ3) is 3.36. The van der Waals surface area contributed by atoms with Crippen molar-refractivity contribution in [2.24, 2.45) is 0 Å². The Labute approximate surface area is 133 Å². The lowest BCUT2D eigenvalue weighted by molar-refractivity contribution is 0.0927. The monoisotopic (exact) mass is 325 g/mol. The van der Waals surface area contributed by atoms with E-state index in [1.807, 2.05) is 0 Å². The van der Waals surface area contributed by atoms with Crippen molar-refractivity contribution >= 4 is 23.5 Å². The summed E-state index contributed by atoms with van der Waals surface area (Å²) in [6.45, 7) is 3.94. The van der Waals surface area contributed by atoms with Gasteiger partial charge in [-0.25, -0.2) is 0 Å². The first kappa shape index (κ1) is 15.2. The highest BCUT2D eigenvalue weighted by Gasteiger charge is 2.29. The van der Waals surface area contributed by atoms with E-state index >= 15 is 0 Å². The van der Waals surface area contributed by atoms with Crippen LogP contribution in [0.2, 0.25) is 0 Å². The Balaban J connectivity index is 1.63. The summed E-state index contributed by atoms with van der Waals surface area (Å²) in [6.07, 6.45) is 4.91. The van der Waals surface area contributed by atoms with Crippen LogP contribution in [0, 0.1) is 0 Å². The van der Waals surface area contributed by atoms with E-state index in [-0.39, 0.29) is 29.0 Å². The van der Waals surface area contributed by atoms with Gasteiger partial charge >= 0.3 is 0 Å². The van der Waals surface area contributed by atoms with E-state index in [9.17, 15) is 4.79 Å². The van der Waals surface area contributed by atoms with Crippen molar-refractivity contribution in [2.45, 2.75) is 24.3 Å². The van der Waals surface area contributed by atoms with Crippen LogP contribution >= 0.6 is 11.6 Å². The average Bonchev–Trinajstić information content (AvgIpc) is 2.97. The highest BCUT2D eigenvalue weighted by atomic mass is 35.5. The van der Waals surface area contributed by atoms with E-state index < -0.39 is 0 Å². The van der Waals surface area contributed by atoms with Crippen LogP contribution in [0.5, 0.6) is 0 Å². The van der Waals surface area contributed by atoms with Crippen molar-refractivity contribution in [1.29, 1.82) is 0 Å². The van der Waals surface area contributed by atoms with Crippen LogP contribution in [0.1, 0.15) is 23.3 Å². The number of oxazole rings is 1. The zero-order valence-corrected chi connectivity index (χ0v) is 13.0. The second-order valence-electron chi connectivity index (χ2n) is 5.54. The molecule has 8 heteroatoms. The predicted molar refractivity (Wildman–Crippen MR) is 83.6 cm³/mol. The summed E-state index contributed by atoms with van der Waals surface area (Å²) < 4.78 is 4.86. The molecular weight excluding hydrogens is 306 g/mol. The molecule has 2 atom stereocenters. The summed E-state index contributed by atoms with van der Waals surface area (Å²) in [5, 5.41) is 6.14. The minimum absolute atomic E-state index is 0.0161. The number of hydrogen-bond acceptors (Lipinski definition) is 6. The molecule has 1 saturated heterocycles. The molecule has 2 aliphatic rings. The zero-order chi connectivity index (χ0) is 15.5. The fraction of sp³-hybridized carbons (Fsp3) is 0.571. The highest BCUT2D eigenvalue weighted by Crippen LogP contribution is 2.26. The third-order valence-corrected chi connectivity index (χ3v) is 4.52. The summed E-state index contributed by atoms with van der Waals surface area (Å²) in [5.74, 6) is -0.308. The summed E-state index contributed by atoms with van der Waals surface area (Å²) in [6, 6.07) is -0.139. The molecule has 1 aromatic heterocycles. The van der Waals surface area contributed by atoms with Gasteiger partial charge in [-0.05, 0) is 6.42 Å². The number of carbonyl (C=O) groups excluding carboxylic acids is 1. The first-order valence-electron chi connectivity index (χ1n) is 7.44. The fourth-order valence-corrected chi connectivity index (χ4v) is 3.08. The molecule has 120 valence electrons. The maximum absolute atomic E-state index is 12.2. The van der Waals surface area contributed by atoms with E-state index in [0.717, 1.165) is 39.0 Å². The number of piperazine rings is 1. The Hall–Kier alpha value is -1.73. The Kier molecular flexibility index (Phi) is 4.54. The van der Waals surface area contributed by atoms with Crippen molar-refractivity contribution in [3.63, 3.8) is 0 Å². The molecule has 3 rings (SSSR count). The van der Waals surface area contributed by atoms with Crippen molar-refractivity contribution in [1.82, 2.24) is 20.5 Å². The number of carbonyl (C=O) groups is 1. The van der Waals surface area contributed by atoms with Crippen LogP contribution in [-0.4, -0.2) is 53.4 Å². The molecule has 0 spiro atoms. The van der Waals surface area contributed by atoms with Gasteiger partial charge in [-0.3, -0.25) is 4.79 Å². The van der Waals surface area contributed by atoms with Crippen LogP contribution in [0.25, 0.3) is 0 Å². The Morgan fingerprint density at radius 3 is 2.95 bits per heavy atom. The number of nitrogen functional groups attached to an aromatic ring is 1. The summed E-state index contributed by atoms with van der Waals surface area (Å²) in [4.78, 5) is 18.4. The van der Waals surface area contributed by atoms with Gasteiger partial charge in [0.15, 0.2) is 5.69 Å². The fourth-order valence-electron chi connectivity index (χ4n) is 2.84. The molecular formula is C14H20ClN5O2. The molecule has 7 nitrogen and oxygen atoms in total. The number of allylic oxidation sites excluding steroid dienone is 1. The molecule has 4 N–H and O–H groups in total. The molecule has 1 aliphatic carbocycles. The normalized spacial score (nSPS) is 25.7. The summed E-state index contributed by atoms with van der Waals surface area (Å²) in [7, 11) is 0. The molecule has 2 heterocycles. The summed E-state index contributed by atoms with van der Waals surface area (Å²) >= 11 is 6.36. The van der Waals surface area contributed by atoms with E-state index in [0.29, 0.717) is 0 Å². The van der Waals surface area contributed by atoms with Gasteiger partial charge in [0.25, 0.3) is 11.9 Å². The number of rotatable bonds is 3. The van der Waals surface area contributed by atoms with Gasteiger partial charge in [-0.15, -0.1) is 11.6 Å². The molecule has 1 aliphatic heterocycles. The number of nitrogens with one attached hydrogen (secondary N) is 2. The van der Waals surface area contributed by atoms with Crippen LogP contribution in [0.4, 0.5) is 6.01 Å². The topological polar surface area (TPSA) is 96.4 Å². The molecule has 1 fully saturated rings. The molecule has 0 saturated carbocycles. The van der Waals surface area contributed by atoms with Gasteiger partial charge in [0.05, 0.1) is 11.4 Å². The van der Waals surface area contributed by atoms with Crippen molar-refractivity contribution in [3.8, 4) is 0 Å². The number of alkyl halides is 1. The molecule has 1 amide bonds. The van der Waals surface area contributed by atoms with Gasteiger partial charge in [0.2, 0.25) is 0 Å².